The van der Waals surface area contributed by atoms with Gasteiger partial charge in [0.05, 0.1) is 4.90 Å². The molecule has 0 saturated heterocycles. The van der Waals surface area contributed by atoms with E-state index in [-0.39, 0.29) is 80.9 Å². The summed E-state index contributed by atoms with van der Waals surface area (Å²) in [5, 5.41) is 17.5. The minimum absolute atomic E-state index is 0. The van der Waals surface area contributed by atoms with Gasteiger partial charge in [-0.2, -0.15) is 8.42 Å². The predicted molar refractivity (Wildman–Crippen MR) is 59.2 cm³/mol. The third kappa shape index (κ3) is 5.13. The zero-order valence-corrected chi connectivity index (χ0v) is 7.52. The summed E-state index contributed by atoms with van der Waals surface area (Å²) in [6.45, 7) is 0. The molecule has 0 aliphatic rings. The molecule has 0 fully saturated rings. The summed E-state index contributed by atoms with van der Waals surface area (Å²) in [6.07, 6.45) is 0. The zero-order valence-electron chi connectivity index (χ0n) is 6.71. The van der Waals surface area contributed by atoms with Gasteiger partial charge in [0.15, 0.2) is 0 Å². The number of carboxylic acids is 1. The summed E-state index contributed by atoms with van der Waals surface area (Å²) < 4.78 is 29.8. The van der Waals surface area contributed by atoms with Gasteiger partial charge in [0.25, 0.3) is 10.1 Å². The summed E-state index contributed by atoms with van der Waals surface area (Å²) in [6, 6.07) is 2.46. The molecule has 1 rings (SSSR count). The molecule has 0 spiro atoms. The van der Waals surface area contributed by atoms with Gasteiger partial charge in [-0.15, -0.1) is 0 Å². The molecular weight excluding hydrogens is 274 g/mol. The second-order valence-corrected chi connectivity index (χ2v) is 3.88. The molecule has 80 valence electrons. The fourth-order valence-electron chi connectivity index (χ4n) is 0.847. The maximum atomic E-state index is 10.6. The fraction of sp³-hybridized carbons (Fsp3) is 0. The van der Waals surface area contributed by atoms with Crippen molar-refractivity contribution in [3.63, 3.8) is 0 Å². The van der Waals surface area contributed by atoms with E-state index in [2.05, 4.69) is 0 Å². The first-order valence-electron chi connectivity index (χ1n) is 3.36. The molecule has 1 aromatic carbocycles. The molecule has 0 bridgehead atoms. The maximum absolute atomic E-state index is 10.6. The van der Waals surface area contributed by atoms with Crippen molar-refractivity contribution in [3.8, 4) is 5.75 Å². The third-order valence-corrected chi connectivity index (χ3v) is 2.35. The number of carbonyl (C=O) groups is 1. The Bertz CT molecular complexity index is 486. The van der Waals surface area contributed by atoms with Crippen LogP contribution in [-0.4, -0.2) is 110 Å². The molecule has 9 heteroatoms. The minimum atomic E-state index is -4.45. The Morgan fingerprint density at radius 3 is 2.12 bits per heavy atom. The predicted octanol–water partition coefficient (Wildman–Crippen LogP) is -0.960. The van der Waals surface area contributed by atoms with Gasteiger partial charge in [0.1, 0.15) is 11.3 Å². The first-order valence-corrected chi connectivity index (χ1v) is 4.80. The van der Waals surface area contributed by atoms with Crippen molar-refractivity contribution in [2.45, 2.75) is 4.90 Å². The standard InChI is InChI=1S/C7H6O6S.K.Na.2H/c8-6-2-1-4(14(11,12)13)3-5(6)7(9)10;;;;/h1-3,8H,(H,9,10)(H,11,12,13);;;;. The normalized spacial score (nSPS) is 9.81. The van der Waals surface area contributed by atoms with E-state index in [1.54, 1.807) is 0 Å². The molecule has 0 amide bonds. The van der Waals surface area contributed by atoms with E-state index in [4.69, 9.17) is 14.8 Å². The molecule has 3 N–H and O–H groups in total. The van der Waals surface area contributed by atoms with Crippen LogP contribution in [0, 0.1) is 0 Å². The van der Waals surface area contributed by atoms with Gasteiger partial charge >= 0.3 is 86.9 Å². The number of benzene rings is 1. The van der Waals surface area contributed by atoms with Crippen molar-refractivity contribution in [1.29, 1.82) is 0 Å². The van der Waals surface area contributed by atoms with E-state index in [1.807, 2.05) is 0 Å². The van der Waals surface area contributed by atoms with E-state index in [0.29, 0.717) is 6.07 Å². The number of aromatic hydroxyl groups is 1. The Morgan fingerprint density at radius 2 is 1.75 bits per heavy atom. The SMILES string of the molecule is O=C(O)c1cc(S(=O)(=O)O)ccc1O.[KH].[NaH]. The Kier molecular flexibility index (Phi) is 9.04. The van der Waals surface area contributed by atoms with Crippen LogP contribution in [0.1, 0.15) is 10.4 Å². The number of phenols is 1. The third-order valence-electron chi connectivity index (χ3n) is 1.50. The van der Waals surface area contributed by atoms with Crippen LogP contribution in [0.4, 0.5) is 0 Å². The Hall–Kier alpha value is 1.04. The van der Waals surface area contributed by atoms with E-state index in [1.165, 1.54) is 0 Å². The van der Waals surface area contributed by atoms with E-state index in [9.17, 15) is 13.2 Å². The molecule has 0 aliphatic heterocycles. The van der Waals surface area contributed by atoms with Crippen molar-refractivity contribution in [2.24, 2.45) is 0 Å². The summed E-state index contributed by atoms with van der Waals surface area (Å²) in [7, 11) is -4.45. The Labute approximate surface area is 157 Å². The number of rotatable bonds is 2. The summed E-state index contributed by atoms with van der Waals surface area (Å²) >= 11 is 0. The van der Waals surface area contributed by atoms with Crippen LogP contribution < -0.4 is 0 Å². The Morgan fingerprint density at radius 1 is 1.25 bits per heavy atom. The van der Waals surface area contributed by atoms with Gasteiger partial charge < -0.3 is 10.2 Å². The van der Waals surface area contributed by atoms with Gasteiger partial charge in [0, 0.05) is 0 Å². The van der Waals surface area contributed by atoms with Crippen molar-refractivity contribution >= 4 is 97.0 Å². The molecule has 1 aromatic rings. The van der Waals surface area contributed by atoms with Gasteiger partial charge in [-0.25, -0.2) is 4.79 Å². The van der Waals surface area contributed by atoms with Crippen LogP contribution in [0.15, 0.2) is 23.1 Å². The number of aromatic carboxylic acids is 1. The average molecular weight is 282 g/mol. The molecule has 0 aliphatic carbocycles. The van der Waals surface area contributed by atoms with Gasteiger partial charge in [-0.3, -0.25) is 4.55 Å². The van der Waals surface area contributed by atoms with E-state index >= 15 is 0 Å². The first kappa shape index (κ1) is 19.4. The molecule has 0 unspecified atom stereocenters. The van der Waals surface area contributed by atoms with Gasteiger partial charge in [0.2, 0.25) is 0 Å². The molecule has 0 heterocycles. The van der Waals surface area contributed by atoms with Crippen molar-refractivity contribution in [3.05, 3.63) is 23.8 Å². The summed E-state index contributed by atoms with van der Waals surface area (Å²) in [4.78, 5) is 9.89. The van der Waals surface area contributed by atoms with Crippen LogP contribution in [-0.2, 0) is 10.1 Å². The monoisotopic (exact) mass is 282 g/mol. The zero-order chi connectivity index (χ0) is 10.9. The molecule has 0 atom stereocenters. The van der Waals surface area contributed by atoms with Crippen molar-refractivity contribution in [1.82, 2.24) is 0 Å². The molecule has 6 nitrogen and oxygen atoms in total. The molecular formula is C7H8KNaO6S. The van der Waals surface area contributed by atoms with Crippen LogP contribution in [0.3, 0.4) is 0 Å². The summed E-state index contributed by atoms with van der Waals surface area (Å²) in [5.74, 6) is -2.04. The topological polar surface area (TPSA) is 112 Å². The second kappa shape index (κ2) is 7.47. The average Bonchev–Trinajstić information content (AvgIpc) is 2.02. The van der Waals surface area contributed by atoms with E-state index in [0.717, 1.165) is 12.1 Å². The number of hydrogen-bond donors (Lipinski definition) is 3. The molecule has 0 aromatic heterocycles. The van der Waals surface area contributed by atoms with Crippen molar-refractivity contribution in [2.75, 3.05) is 0 Å². The van der Waals surface area contributed by atoms with Crippen LogP contribution in [0.5, 0.6) is 5.75 Å². The van der Waals surface area contributed by atoms with Crippen molar-refractivity contribution < 1.29 is 28.0 Å². The second-order valence-electron chi connectivity index (χ2n) is 2.46. The number of carboxylic acid groups (broad SMARTS) is 1. The molecule has 16 heavy (non-hydrogen) atoms. The van der Waals surface area contributed by atoms with Crippen LogP contribution >= 0.6 is 0 Å². The van der Waals surface area contributed by atoms with Crippen LogP contribution in [0.2, 0.25) is 0 Å². The first-order chi connectivity index (χ1) is 6.32. The van der Waals surface area contributed by atoms with Gasteiger partial charge in [-0.05, 0) is 18.2 Å². The summed E-state index contributed by atoms with van der Waals surface area (Å²) in [5.41, 5.74) is -0.583. The van der Waals surface area contributed by atoms with Crippen LogP contribution in [0.25, 0.3) is 0 Å². The quantitative estimate of drug-likeness (QED) is 0.476. The van der Waals surface area contributed by atoms with E-state index < -0.39 is 32.3 Å². The molecule has 0 radical (unpaired) electrons. The fourth-order valence-corrected chi connectivity index (χ4v) is 1.35. The molecule has 0 saturated carbocycles. The number of hydrogen-bond acceptors (Lipinski definition) is 4. The van der Waals surface area contributed by atoms with Gasteiger partial charge in [-0.1, -0.05) is 0 Å². The Balaban J connectivity index is 0.